The van der Waals surface area contributed by atoms with Gasteiger partial charge in [0, 0.05) is 12.1 Å². The lowest BCUT2D eigenvalue weighted by atomic mass is 10.1. The van der Waals surface area contributed by atoms with E-state index in [1.807, 2.05) is 6.92 Å². The van der Waals surface area contributed by atoms with E-state index in [1.54, 1.807) is 30.3 Å². The van der Waals surface area contributed by atoms with Gasteiger partial charge in [-0.3, -0.25) is 20.2 Å². The maximum absolute atomic E-state index is 11.6. The van der Waals surface area contributed by atoms with Crippen molar-refractivity contribution < 1.29 is 24.0 Å². The quantitative estimate of drug-likeness (QED) is 0.328. The molecule has 2 aromatic rings. The monoisotopic (exact) mass is 383 g/mol. The Morgan fingerprint density at radius 2 is 1.79 bits per heavy atom. The molecule has 0 radical (unpaired) electrons. The van der Waals surface area contributed by atoms with Crippen LogP contribution in [-0.2, 0) is 11.4 Å². The van der Waals surface area contributed by atoms with Crippen LogP contribution in [0, 0.1) is 10.1 Å². The van der Waals surface area contributed by atoms with Crippen LogP contribution in [0.15, 0.2) is 48.2 Å². The van der Waals surface area contributed by atoms with Crippen molar-refractivity contribution in [1.29, 1.82) is 0 Å². The Hall–Kier alpha value is -3.88. The molecule has 3 rings (SSSR count). The Morgan fingerprint density at radius 1 is 1.04 bits per heavy atom. The molecule has 0 unspecified atom stereocenters. The minimum absolute atomic E-state index is 0.0131. The zero-order chi connectivity index (χ0) is 20.1. The van der Waals surface area contributed by atoms with E-state index >= 15 is 0 Å². The first-order chi connectivity index (χ1) is 13.5. The largest absolute Gasteiger partial charge is 0.490 e. The molecule has 1 saturated heterocycles. The average Bonchev–Trinajstić information content (AvgIpc) is 2.98. The molecule has 28 heavy (non-hydrogen) atoms. The number of nitro benzene ring substituents is 1. The van der Waals surface area contributed by atoms with Gasteiger partial charge >= 0.3 is 6.03 Å². The van der Waals surface area contributed by atoms with E-state index in [-0.39, 0.29) is 18.0 Å². The molecule has 144 valence electrons. The van der Waals surface area contributed by atoms with Crippen LogP contribution in [0.3, 0.4) is 0 Å². The van der Waals surface area contributed by atoms with Crippen LogP contribution in [0.4, 0.5) is 10.5 Å². The van der Waals surface area contributed by atoms with Crippen molar-refractivity contribution in [3.8, 4) is 11.5 Å². The number of non-ortho nitro benzene ring substituents is 1. The van der Waals surface area contributed by atoms with E-state index in [1.165, 1.54) is 18.2 Å². The van der Waals surface area contributed by atoms with Crippen molar-refractivity contribution in [2.24, 2.45) is 0 Å². The second-order valence-electron chi connectivity index (χ2n) is 5.82. The van der Waals surface area contributed by atoms with Crippen LogP contribution in [0.5, 0.6) is 11.5 Å². The lowest BCUT2D eigenvalue weighted by Crippen LogP contribution is -2.22. The van der Waals surface area contributed by atoms with Crippen molar-refractivity contribution >= 4 is 23.7 Å². The summed E-state index contributed by atoms with van der Waals surface area (Å²) in [6.07, 6.45) is 1.53. The van der Waals surface area contributed by atoms with Gasteiger partial charge < -0.3 is 14.8 Å². The van der Waals surface area contributed by atoms with Crippen LogP contribution >= 0.6 is 0 Å². The van der Waals surface area contributed by atoms with E-state index in [0.29, 0.717) is 23.7 Å². The molecule has 0 aromatic heterocycles. The fourth-order valence-corrected chi connectivity index (χ4v) is 2.53. The Kier molecular flexibility index (Phi) is 5.54. The van der Waals surface area contributed by atoms with E-state index in [2.05, 4.69) is 10.6 Å². The Morgan fingerprint density at radius 3 is 2.39 bits per heavy atom. The zero-order valence-electron chi connectivity index (χ0n) is 14.9. The van der Waals surface area contributed by atoms with E-state index in [0.717, 1.165) is 5.56 Å². The number of rotatable bonds is 7. The second-order valence-corrected chi connectivity index (χ2v) is 5.82. The summed E-state index contributed by atoms with van der Waals surface area (Å²) >= 11 is 0. The van der Waals surface area contributed by atoms with Gasteiger partial charge in [-0.25, -0.2) is 4.79 Å². The highest BCUT2D eigenvalue weighted by atomic mass is 16.6. The summed E-state index contributed by atoms with van der Waals surface area (Å²) in [6, 6.07) is 10.6. The Balaban J connectivity index is 1.75. The van der Waals surface area contributed by atoms with Crippen molar-refractivity contribution in [3.05, 3.63) is 69.4 Å². The first-order valence-corrected chi connectivity index (χ1v) is 8.43. The van der Waals surface area contributed by atoms with Crippen molar-refractivity contribution in [2.75, 3.05) is 6.61 Å². The molecule has 0 bridgehead atoms. The average molecular weight is 383 g/mol. The third kappa shape index (κ3) is 4.44. The van der Waals surface area contributed by atoms with Crippen molar-refractivity contribution in [2.45, 2.75) is 13.5 Å². The highest BCUT2D eigenvalue weighted by Gasteiger charge is 2.22. The molecular formula is C19H17N3O6. The minimum atomic E-state index is -0.565. The van der Waals surface area contributed by atoms with Gasteiger partial charge in [0.05, 0.1) is 11.5 Å². The maximum atomic E-state index is 11.6. The number of carbonyl (C=O) groups excluding carboxylic acids is 2. The van der Waals surface area contributed by atoms with Gasteiger partial charge in [0.15, 0.2) is 11.5 Å². The van der Waals surface area contributed by atoms with Crippen molar-refractivity contribution in [1.82, 2.24) is 10.6 Å². The van der Waals surface area contributed by atoms with Crippen LogP contribution in [0.2, 0.25) is 0 Å². The van der Waals surface area contributed by atoms with Gasteiger partial charge in [-0.2, -0.15) is 0 Å². The Bertz CT molecular complexity index is 953. The molecule has 0 spiro atoms. The number of hydrogen-bond donors (Lipinski definition) is 2. The highest BCUT2D eigenvalue weighted by molar-refractivity contribution is 6.14. The van der Waals surface area contributed by atoms with E-state index in [4.69, 9.17) is 9.47 Å². The number of hydrogen-bond acceptors (Lipinski definition) is 6. The molecular weight excluding hydrogens is 366 g/mol. The molecule has 0 aliphatic carbocycles. The topological polar surface area (TPSA) is 120 Å². The lowest BCUT2D eigenvalue weighted by molar-refractivity contribution is -0.384. The van der Waals surface area contributed by atoms with Crippen LogP contribution in [0.1, 0.15) is 18.1 Å². The third-order valence-electron chi connectivity index (χ3n) is 3.84. The molecule has 9 heteroatoms. The highest BCUT2D eigenvalue weighted by Crippen LogP contribution is 2.30. The van der Waals surface area contributed by atoms with Crippen LogP contribution < -0.4 is 20.1 Å². The number of carbonyl (C=O) groups is 2. The summed E-state index contributed by atoms with van der Waals surface area (Å²) in [5, 5.41) is 15.3. The molecule has 1 fully saturated rings. The van der Waals surface area contributed by atoms with Gasteiger partial charge in [0.2, 0.25) is 0 Å². The summed E-state index contributed by atoms with van der Waals surface area (Å²) in [4.78, 5) is 33.1. The number of nitrogens with one attached hydrogen (secondary N) is 2. The van der Waals surface area contributed by atoms with Gasteiger partial charge in [-0.05, 0) is 48.4 Å². The maximum Gasteiger partial charge on any atom is 0.326 e. The van der Waals surface area contributed by atoms with Crippen molar-refractivity contribution in [3.63, 3.8) is 0 Å². The molecule has 2 N–H and O–H groups in total. The molecule has 1 heterocycles. The Labute approximate surface area is 160 Å². The summed E-state index contributed by atoms with van der Waals surface area (Å²) < 4.78 is 11.4. The summed E-state index contributed by atoms with van der Waals surface area (Å²) in [7, 11) is 0. The number of nitrogens with zero attached hydrogens (tertiary/aromatic N) is 1. The fourth-order valence-electron chi connectivity index (χ4n) is 2.53. The number of urea groups is 1. The standard InChI is InChI=1S/C19H17N3O6/c1-2-27-17-10-13(9-15-18(23)21-19(24)20-15)5-8-16(17)28-11-12-3-6-14(7-4-12)22(25)26/h3-10H,2,11H2,1H3,(H2,20,21,23,24)/b15-9+. The molecule has 2 aromatic carbocycles. The first kappa shape index (κ1) is 18.9. The predicted molar refractivity (Wildman–Crippen MR) is 99.7 cm³/mol. The SMILES string of the molecule is CCOc1cc(/C=C2/NC(=O)NC2=O)ccc1OCc1ccc([N+](=O)[O-])cc1. The van der Waals surface area contributed by atoms with Gasteiger partial charge in [-0.15, -0.1) is 0 Å². The number of nitro groups is 1. The normalized spacial score (nSPS) is 14.5. The smallest absolute Gasteiger partial charge is 0.326 e. The molecule has 0 atom stereocenters. The lowest BCUT2D eigenvalue weighted by Gasteiger charge is -2.13. The molecule has 1 aliphatic rings. The molecule has 3 amide bonds. The van der Waals surface area contributed by atoms with Crippen LogP contribution in [0.25, 0.3) is 6.08 Å². The van der Waals surface area contributed by atoms with Gasteiger partial charge in [-0.1, -0.05) is 6.07 Å². The first-order valence-electron chi connectivity index (χ1n) is 8.43. The van der Waals surface area contributed by atoms with Gasteiger partial charge in [0.25, 0.3) is 11.6 Å². The summed E-state index contributed by atoms with van der Waals surface area (Å²) in [5.41, 5.74) is 1.58. The second kappa shape index (κ2) is 8.21. The molecule has 9 nitrogen and oxygen atoms in total. The fraction of sp³-hybridized carbons (Fsp3) is 0.158. The summed E-state index contributed by atoms with van der Waals surface area (Å²) in [5.74, 6) is 0.465. The third-order valence-corrected chi connectivity index (χ3v) is 3.84. The number of benzene rings is 2. The predicted octanol–water partition coefficient (Wildman–Crippen LogP) is 2.75. The number of imide groups is 1. The zero-order valence-corrected chi connectivity index (χ0v) is 14.9. The van der Waals surface area contributed by atoms with E-state index < -0.39 is 16.9 Å². The molecule has 1 aliphatic heterocycles. The number of amides is 3. The summed E-state index contributed by atoms with van der Waals surface area (Å²) in [6.45, 7) is 2.44. The van der Waals surface area contributed by atoms with Gasteiger partial charge in [0.1, 0.15) is 12.3 Å². The molecule has 0 saturated carbocycles. The minimum Gasteiger partial charge on any atom is -0.490 e. The number of ether oxygens (including phenoxy) is 2. The van der Waals surface area contributed by atoms with Crippen LogP contribution in [-0.4, -0.2) is 23.5 Å². The van der Waals surface area contributed by atoms with E-state index in [9.17, 15) is 19.7 Å².